The van der Waals surface area contributed by atoms with Crippen molar-refractivity contribution in [2.45, 2.75) is 20.8 Å². The van der Waals surface area contributed by atoms with Crippen LogP contribution in [0.2, 0.25) is 0 Å². The molecule has 5 heteroatoms. The predicted octanol–water partition coefficient (Wildman–Crippen LogP) is 1.52. The van der Waals surface area contributed by atoms with E-state index < -0.39 is 0 Å². The molecule has 110 valence electrons. The zero-order chi connectivity index (χ0) is 15.3. The van der Waals surface area contributed by atoms with E-state index in [-0.39, 0.29) is 23.7 Å². The summed E-state index contributed by atoms with van der Waals surface area (Å²) in [7, 11) is 1.58. The molecule has 1 aromatic rings. The van der Waals surface area contributed by atoms with Gasteiger partial charge in [0.15, 0.2) is 0 Å². The average Bonchev–Trinajstić information content (AvgIpc) is 2.40. The Bertz CT molecular complexity index is 498. The SMILES string of the molecule is CNC(=O)c1cccc(NC(=O)C(CN)C(C)C)c1C. The molecule has 0 heterocycles. The lowest BCUT2D eigenvalue weighted by molar-refractivity contribution is -0.120. The Morgan fingerprint density at radius 1 is 1.30 bits per heavy atom. The maximum Gasteiger partial charge on any atom is 0.251 e. The first kappa shape index (κ1) is 16.2. The molecular formula is C15H23N3O2. The third-order valence-corrected chi connectivity index (χ3v) is 3.46. The first-order chi connectivity index (χ1) is 9.42. The highest BCUT2D eigenvalue weighted by atomic mass is 16.2. The summed E-state index contributed by atoms with van der Waals surface area (Å²) in [6.07, 6.45) is 0. The van der Waals surface area contributed by atoms with Gasteiger partial charge in [-0.1, -0.05) is 19.9 Å². The molecule has 0 spiro atoms. The third kappa shape index (κ3) is 3.57. The number of rotatable bonds is 5. The van der Waals surface area contributed by atoms with Crippen molar-refractivity contribution in [2.24, 2.45) is 17.6 Å². The second-order valence-electron chi connectivity index (χ2n) is 5.13. The highest BCUT2D eigenvalue weighted by molar-refractivity contribution is 5.99. The van der Waals surface area contributed by atoms with Crippen molar-refractivity contribution < 1.29 is 9.59 Å². The molecule has 0 aromatic heterocycles. The van der Waals surface area contributed by atoms with Gasteiger partial charge in [-0.3, -0.25) is 9.59 Å². The molecule has 0 saturated heterocycles. The molecule has 1 unspecified atom stereocenters. The second-order valence-corrected chi connectivity index (χ2v) is 5.13. The maximum absolute atomic E-state index is 12.2. The van der Waals surface area contributed by atoms with Crippen molar-refractivity contribution in [3.63, 3.8) is 0 Å². The van der Waals surface area contributed by atoms with Gasteiger partial charge in [-0.2, -0.15) is 0 Å². The zero-order valence-electron chi connectivity index (χ0n) is 12.5. The minimum Gasteiger partial charge on any atom is -0.355 e. The van der Waals surface area contributed by atoms with E-state index in [4.69, 9.17) is 5.73 Å². The van der Waals surface area contributed by atoms with Gasteiger partial charge < -0.3 is 16.4 Å². The van der Waals surface area contributed by atoms with E-state index in [9.17, 15) is 9.59 Å². The first-order valence-electron chi connectivity index (χ1n) is 6.75. The summed E-state index contributed by atoms with van der Waals surface area (Å²) in [4.78, 5) is 23.9. The highest BCUT2D eigenvalue weighted by Gasteiger charge is 2.21. The van der Waals surface area contributed by atoms with Crippen LogP contribution in [-0.2, 0) is 4.79 Å². The standard InChI is InChI=1S/C15H23N3O2/c1-9(2)12(8-16)15(20)18-13-7-5-6-11(10(13)3)14(19)17-4/h5-7,9,12H,8,16H2,1-4H3,(H,17,19)(H,18,20). The summed E-state index contributed by atoms with van der Waals surface area (Å²) in [5, 5.41) is 5.45. The van der Waals surface area contributed by atoms with Crippen LogP contribution in [-0.4, -0.2) is 25.4 Å². The third-order valence-electron chi connectivity index (χ3n) is 3.46. The summed E-state index contributed by atoms with van der Waals surface area (Å²) >= 11 is 0. The molecule has 2 amide bonds. The molecule has 0 aliphatic heterocycles. The van der Waals surface area contributed by atoms with Crippen molar-refractivity contribution in [1.82, 2.24) is 5.32 Å². The average molecular weight is 277 g/mol. The maximum atomic E-state index is 12.2. The van der Waals surface area contributed by atoms with E-state index in [1.807, 2.05) is 20.8 Å². The van der Waals surface area contributed by atoms with E-state index in [1.165, 1.54) is 0 Å². The van der Waals surface area contributed by atoms with Gasteiger partial charge >= 0.3 is 0 Å². The van der Waals surface area contributed by atoms with Crippen LogP contribution in [0.4, 0.5) is 5.69 Å². The Labute approximate surface area is 119 Å². The number of carbonyl (C=O) groups excluding carboxylic acids is 2. The monoisotopic (exact) mass is 277 g/mol. The van der Waals surface area contributed by atoms with E-state index >= 15 is 0 Å². The van der Waals surface area contributed by atoms with Crippen LogP contribution in [0.3, 0.4) is 0 Å². The fraction of sp³-hybridized carbons (Fsp3) is 0.467. The number of benzene rings is 1. The molecule has 0 aliphatic carbocycles. The molecule has 1 atom stereocenters. The molecular weight excluding hydrogens is 254 g/mol. The van der Waals surface area contributed by atoms with Crippen molar-refractivity contribution in [2.75, 3.05) is 18.9 Å². The summed E-state index contributed by atoms with van der Waals surface area (Å²) in [5.74, 6) is -0.349. The van der Waals surface area contributed by atoms with Gasteiger partial charge in [-0.05, 0) is 30.5 Å². The van der Waals surface area contributed by atoms with Crippen LogP contribution in [0.5, 0.6) is 0 Å². The number of hydrogen-bond acceptors (Lipinski definition) is 3. The topological polar surface area (TPSA) is 84.2 Å². The van der Waals surface area contributed by atoms with E-state index in [0.29, 0.717) is 17.8 Å². The fourth-order valence-corrected chi connectivity index (χ4v) is 2.06. The molecule has 0 radical (unpaired) electrons. The second kappa shape index (κ2) is 7.05. The fourth-order valence-electron chi connectivity index (χ4n) is 2.06. The van der Waals surface area contributed by atoms with Gasteiger partial charge in [0.05, 0.1) is 5.92 Å². The van der Waals surface area contributed by atoms with E-state index in [1.54, 1.807) is 25.2 Å². The molecule has 0 bridgehead atoms. The number of nitrogens with two attached hydrogens (primary N) is 1. The van der Waals surface area contributed by atoms with Gasteiger partial charge in [0.2, 0.25) is 5.91 Å². The Balaban J connectivity index is 2.99. The first-order valence-corrected chi connectivity index (χ1v) is 6.75. The quantitative estimate of drug-likeness (QED) is 0.763. The lowest BCUT2D eigenvalue weighted by atomic mass is 9.95. The number of anilines is 1. The predicted molar refractivity (Wildman–Crippen MR) is 80.6 cm³/mol. The van der Waals surface area contributed by atoms with Crippen LogP contribution < -0.4 is 16.4 Å². The smallest absolute Gasteiger partial charge is 0.251 e. The van der Waals surface area contributed by atoms with Gasteiger partial charge in [0, 0.05) is 24.8 Å². The Morgan fingerprint density at radius 2 is 1.95 bits per heavy atom. The van der Waals surface area contributed by atoms with E-state index in [0.717, 1.165) is 5.56 Å². The van der Waals surface area contributed by atoms with Gasteiger partial charge in [0.25, 0.3) is 5.91 Å². The lowest BCUT2D eigenvalue weighted by Crippen LogP contribution is -2.33. The lowest BCUT2D eigenvalue weighted by Gasteiger charge is -2.19. The van der Waals surface area contributed by atoms with Crippen LogP contribution in [0.1, 0.15) is 29.8 Å². The van der Waals surface area contributed by atoms with Crippen LogP contribution in [0, 0.1) is 18.8 Å². The highest BCUT2D eigenvalue weighted by Crippen LogP contribution is 2.21. The molecule has 20 heavy (non-hydrogen) atoms. The molecule has 0 saturated carbocycles. The van der Waals surface area contributed by atoms with Crippen molar-refractivity contribution >= 4 is 17.5 Å². The van der Waals surface area contributed by atoms with Crippen LogP contribution >= 0.6 is 0 Å². The normalized spacial score (nSPS) is 12.1. The Morgan fingerprint density at radius 3 is 2.45 bits per heavy atom. The molecule has 0 fully saturated rings. The Kier molecular flexibility index (Phi) is 5.70. The van der Waals surface area contributed by atoms with Gasteiger partial charge in [-0.25, -0.2) is 0 Å². The molecule has 5 nitrogen and oxygen atoms in total. The molecule has 0 aliphatic rings. The Hall–Kier alpha value is -1.88. The molecule has 1 rings (SSSR count). The number of carbonyl (C=O) groups is 2. The minimum absolute atomic E-state index is 0.111. The number of nitrogens with one attached hydrogen (secondary N) is 2. The summed E-state index contributed by atoms with van der Waals surface area (Å²) in [6, 6.07) is 5.26. The van der Waals surface area contributed by atoms with Crippen LogP contribution in [0.15, 0.2) is 18.2 Å². The van der Waals surface area contributed by atoms with Crippen molar-refractivity contribution in [3.05, 3.63) is 29.3 Å². The largest absolute Gasteiger partial charge is 0.355 e. The van der Waals surface area contributed by atoms with Gasteiger partial charge in [-0.15, -0.1) is 0 Å². The molecule has 4 N–H and O–H groups in total. The summed E-state index contributed by atoms with van der Waals surface area (Å²) < 4.78 is 0. The van der Waals surface area contributed by atoms with Crippen LogP contribution in [0.25, 0.3) is 0 Å². The van der Waals surface area contributed by atoms with Crippen molar-refractivity contribution in [1.29, 1.82) is 0 Å². The van der Waals surface area contributed by atoms with Crippen molar-refractivity contribution in [3.8, 4) is 0 Å². The summed E-state index contributed by atoms with van der Waals surface area (Å²) in [6.45, 7) is 6.04. The van der Waals surface area contributed by atoms with E-state index in [2.05, 4.69) is 10.6 Å². The number of hydrogen-bond donors (Lipinski definition) is 3. The molecule has 1 aromatic carbocycles. The zero-order valence-corrected chi connectivity index (χ0v) is 12.5. The minimum atomic E-state index is -0.238. The van der Waals surface area contributed by atoms with Gasteiger partial charge in [0.1, 0.15) is 0 Å². The number of amides is 2. The summed E-state index contributed by atoms with van der Waals surface area (Å²) in [5.41, 5.74) is 7.59.